The summed E-state index contributed by atoms with van der Waals surface area (Å²) in [6.07, 6.45) is 5.13. The van der Waals surface area contributed by atoms with Crippen LogP contribution in [0.5, 0.6) is 0 Å². The molecule has 0 radical (unpaired) electrons. The van der Waals surface area contributed by atoms with Crippen molar-refractivity contribution in [3.8, 4) is 11.5 Å². The van der Waals surface area contributed by atoms with E-state index in [1.807, 2.05) is 6.92 Å². The fraction of sp³-hybridized carbons (Fsp3) is 0.444. The Kier molecular flexibility index (Phi) is 4.76. The Bertz CT molecular complexity index is 668. The van der Waals surface area contributed by atoms with Gasteiger partial charge < -0.3 is 9.52 Å². The van der Waals surface area contributed by atoms with Crippen LogP contribution in [0.3, 0.4) is 0 Å². The Balaban J connectivity index is 1.75. The molecule has 0 saturated carbocycles. The third-order valence-electron chi connectivity index (χ3n) is 4.34. The molecule has 2 aromatic rings. The second-order valence-corrected chi connectivity index (χ2v) is 6.09. The monoisotopic (exact) mass is 314 g/mol. The molecule has 1 N–H and O–H groups in total. The molecule has 122 valence electrons. The van der Waals surface area contributed by atoms with Gasteiger partial charge in [-0.1, -0.05) is 12.8 Å². The molecule has 1 saturated heterocycles. The highest BCUT2D eigenvalue weighted by atomic mass is 16.4. The molecule has 1 aromatic carbocycles. The van der Waals surface area contributed by atoms with Gasteiger partial charge in [-0.25, -0.2) is 9.78 Å². The molecular formula is C18H22N2O3. The third kappa shape index (κ3) is 3.79. The number of benzene rings is 1. The van der Waals surface area contributed by atoms with Crippen molar-refractivity contribution in [3.05, 3.63) is 41.3 Å². The van der Waals surface area contributed by atoms with E-state index in [-0.39, 0.29) is 5.56 Å². The lowest BCUT2D eigenvalue weighted by Gasteiger charge is -2.18. The molecule has 0 atom stereocenters. The van der Waals surface area contributed by atoms with Gasteiger partial charge in [0, 0.05) is 12.1 Å². The zero-order valence-corrected chi connectivity index (χ0v) is 13.4. The molecule has 0 spiro atoms. The second kappa shape index (κ2) is 6.96. The van der Waals surface area contributed by atoms with Crippen LogP contribution >= 0.6 is 0 Å². The van der Waals surface area contributed by atoms with Gasteiger partial charge in [-0.3, -0.25) is 4.90 Å². The van der Waals surface area contributed by atoms with E-state index in [0.29, 0.717) is 5.89 Å². The zero-order valence-electron chi connectivity index (χ0n) is 13.4. The van der Waals surface area contributed by atoms with Crippen molar-refractivity contribution in [2.24, 2.45) is 0 Å². The number of aromatic nitrogens is 1. The number of rotatable bonds is 4. The lowest BCUT2D eigenvalue weighted by atomic mass is 10.1. The van der Waals surface area contributed by atoms with Crippen molar-refractivity contribution in [3.63, 3.8) is 0 Å². The zero-order chi connectivity index (χ0) is 16.2. The molecule has 0 amide bonds. The molecule has 1 aromatic heterocycles. The summed E-state index contributed by atoms with van der Waals surface area (Å²) >= 11 is 0. The molecule has 2 heterocycles. The molecule has 23 heavy (non-hydrogen) atoms. The van der Waals surface area contributed by atoms with Crippen LogP contribution in [-0.2, 0) is 6.54 Å². The molecule has 1 aliphatic rings. The Labute approximate surface area is 135 Å². The van der Waals surface area contributed by atoms with Gasteiger partial charge in [-0.2, -0.15) is 0 Å². The highest BCUT2D eigenvalue weighted by Gasteiger charge is 2.16. The molecule has 5 nitrogen and oxygen atoms in total. The first-order valence-electron chi connectivity index (χ1n) is 8.16. The van der Waals surface area contributed by atoms with E-state index in [4.69, 9.17) is 9.52 Å². The van der Waals surface area contributed by atoms with Gasteiger partial charge in [-0.15, -0.1) is 0 Å². The van der Waals surface area contributed by atoms with Crippen LogP contribution in [0.1, 0.15) is 47.5 Å². The van der Waals surface area contributed by atoms with E-state index in [0.717, 1.165) is 36.7 Å². The van der Waals surface area contributed by atoms with Crippen LogP contribution in [0, 0.1) is 6.92 Å². The topological polar surface area (TPSA) is 66.6 Å². The van der Waals surface area contributed by atoms with Crippen LogP contribution in [-0.4, -0.2) is 34.0 Å². The highest BCUT2D eigenvalue weighted by Crippen LogP contribution is 2.23. The van der Waals surface area contributed by atoms with Crippen molar-refractivity contribution < 1.29 is 14.3 Å². The van der Waals surface area contributed by atoms with Gasteiger partial charge in [0.25, 0.3) is 0 Å². The molecule has 5 heteroatoms. The number of carbonyl (C=O) groups is 1. The first-order chi connectivity index (χ1) is 11.1. The third-order valence-corrected chi connectivity index (χ3v) is 4.34. The maximum atomic E-state index is 10.9. The summed E-state index contributed by atoms with van der Waals surface area (Å²) in [5.74, 6) is 0.470. The van der Waals surface area contributed by atoms with Crippen molar-refractivity contribution in [2.75, 3.05) is 13.1 Å². The van der Waals surface area contributed by atoms with Gasteiger partial charge >= 0.3 is 5.97 Å². The minimum Gasteiger partial charge on any atom is -0.478 e. The summed E-state index contributed by atoms with van der Waals surface area (Å²) < 4.78 is 5.79. The smallest absolute Gasteiger partial charge is 0.335 e. The van der Waals surface area contributed by atoms with Gasteiger partial charge in [0.2, 0.25) is 5.89 Å². The normalized spacial score (nSPS) is 16.2. The molecular weight excluding hydrogens is 292 g/mol. The highest BCUT2D eigenvalue weighted by molar-refractivity contribution is 5.88. The number of carboxylic acid groups (broad SMARTS) is 1. The first kappa shape index (κ1) is 15.7. The number of oxazole rings is 1. The van der Waals surface area contributed by atoms with Gasteiger partial charge in [-0.05, 0) is 57.1 Å². The number of hydrogen-bond acceptors (Lipinski definition) is 4. The summed E-state index contributed by atoms with van der Waals surface area (Å²) in [6, 6.07) is 6.63. The summed E-state index contributed by atoms with van der Waals surface area (Å²) in [6.45, 7) is 5.00. The Hall–Kier alpha value is -2.14. The number of aryl methyl sites for hydroxylation is 1. The molecule has 0 bridgehead atoms. The van der Waals surface area contributed by atoms with Gasteiger partial charge in [0.15, 0.2) is 0 Å². The standard InChI is InChI=1S/C18H22N2O3/c1-13-16(12-20-10-4-2-3-5-11-20)19-17(23-13)14-6-8-15(9-7-14)18(21)22/h6-9H,2-5,10-12H2,1H3,(H,21,22). The second-order valence-electron chi connectivity index (χ2n) is 6.09. The van der Waals surface area contributed by atoms with E-state index < -0.39 is 5.97 Å². The predicted octanol–water partition coefficient (Wildman–Crippen LogP) is 3.72. The van der Waals surface area contributed by atoms with Crippen LogP contribution < -0.4 is 0 Å². The molecule has 1 aliphatic heterocycles. The molecule has 0 unspecified atom stereocenters. The summed E-state index contributed by atoms with van der Waals surface area (Å²) in [7, 11) is 0. The van der Waals surface area contributed by atoms with Crippen LogP contribution in [0.25, 0.3) is 11.5 Å². The predicted molar refractivity (Wildman–Crippen MR) is 87.4 cm³/mol. The van der Waals surface area contributed by atoms with Gasteiger partial charge in [0.05, 0.1) is 11.3 Å². The van der Waals surface area contributed by atoms with Crippen molar-refractivity contribution in [2.45, 2.75) is 39.2 Å². The summed E-state index contributed by atoms with van der Waals surface area (Å²) in [4.78, 5) is 18.0. The Morgan fingerprint density at radius 2 is 1.83 bits per heavy atom. The minimum absolute atomic E-state index is 0.266. The fourth-order valence-electron chi connectivity index (χ4n) is 2.96. The lowest BCUT2D eigenvalue weighted by molar-refractivity contribution is 0.0697. The number of hydrogen-bond donors (Lipinski definition) is 1. The Morgan fingerprint density at radius 1 is 1.17 bits per heavy atom. The maximum Gasteiger partial charge on any atom is 0.335 e. The quantitative estimate of drug-likeness (QED) is 0.931. The van der Waals surface area contributed by atoms with Crippen LogP contribution in [0.15, 0.2) is 28.7 Å². The lowest BCUT2D eigenvalue weighted by Crippen LogP contribution is -2.24. The minimum atomic E-state index is -0.929. The maximum absolute atomic E-state index is 10.9. The summed E-state index contributed by atoms with van der Waals surface area (Å²) in [5, 5.41) is 8.96. The van der Waals surface area contributed by atoms with E-state index >= 15 is 0 Å². The van der Waals surface area contributed by atoms with Crippen molar-refractivity contribution in [1.29, 1.82) is 0 Å². The van der Waals surface area contributed by atoms with Crippen molar-refractivity contribution >= 4 is 5.97 Å². The summed E-state index contributed by atoms with van der Waals surface area (Å²) in [5.41, 5.74) is 2.05. The molecule has 1 fully saturated rings. The largest absolute Gasteiger partial charge is 0.478 e. The fourth-order valence-corrected chi connectivity index (χ4v) is 2.96. The number of likely N-dealkylation sites (tertiary alicyclic amines) is 1. The molecule has 0 aliphatic carbocycles. The van der Waals surface area contributed by atoms with Crippen LogP contribution in [0.4, 0.5) is 0 Å². The van der Waals surface area contributed by atoms with Gasteiger partial charge in [0.1, 0.15) is 5.76 Å². The van der Waals surface area contributed by atoms with Crippen LogP contribution in [0.2, 0.25) is 0 Å². The van der Waals surface area contributed by atoms with E-state index in [1.165, 1.54) is 25.7 Å². The average molecular weight is 314 g/mol. The first-order valence-corrected chi connectivity index (χ1v) is 8.16. The number of carboxylic acids is 1. The Morgan fingerprint density at radius 3 is 2.43 bits per heavy atom. The van der Waals surface area contributed by atoms with E-state index in [2.05, 4.69) is 9.88 Å². The number of aromatic carboxylic acids is 1. The SMILES string of the molecule is Cc1oc(-c2ccc(C(=O)O)cc2)nc1CN1CCCCCC1. The molecule has 3 rings (SSSR count). The van der Waals surface area contributed by atoms with E-state index in [9.17, 15) is 4.79 Å². The average Bonchev–Trinajstić information content (AvgIpc) is 2.75. The van der Waals surface area contributed by atoms with E-state index in [1.54, 1.807) is 24.3 Å². The van der Waals surface area contributed by atoms with Crippen molar-refractivity contribution in [1.82, 2.24) is 9.88 Å². The number of nitrogens with zero attached hydrogens (tertiary/aromatic N) is 2.